The molecule has 98 valence electrons. The van der Waals surface area contributed by atoms with Gasteiger partial charge in [-0.3, -0.25) is 4.79 Å². The standard InChI is InChI=1S/C15H22N2O/c1-3-4-12-5-7-13(8-6-12)17-15(18)14-10-16-9-11(14)2/h5-8,11,14,16H,3-4,9-10H2,1-2H3,(H,17,18)/t11-,14-/m1/s1. The minimum atomic E-state index is 0.0975. The predicted octanol–water partition coefficient (Wildman–Crippen LogP) is 2.43. The van der Waals surface area contributed by atoms with Crippen LogP contribution in [0.15, 0.2) is 24.3 Å². The molecular weight excluding hydrogens is 224 g/mol. The summed E-state index contributed by atoms with van der Waals surface area (Å²) in [4.78, 5) is 12.1. The van der Waals surface area contributed by atoms with Gasteiger partial charge in [-0.2, -0.15) is 0 Å². The first-order chi connectivity index (χ1) is 8.70. The summed E-state index contributed by atoms with van der Waals surface area (Å²) >= 11 is 0. The Balaban J connectivity index is 1.94. The molecule has 0 aliphatic carbocycles. The van der Waals surface area contributed by atoms with Gasteiger partial charge >= 0.3 is 0 Å². The molecule has 1 amide bonds. The molecule has 0 saturated carbocycles. The van der Waals surface area contributed by atoms with E-state index in [2.05, 4.69) is 36.6 Å². The van der Waals surface area contributed by atoms with E-state index in [0.29, 0.717) is 5.92 Å². The molecule has 1 heterocycles. The van der Waals surface area contributed by atoms with Gasteiger partial charge in [-0.05, 0) is 36.6 Å². The molecule has 2 atom stereocenters. The van der Waals surface area contributed by atoms with Crippen molar-refractivity contribution in [3.8, 4) is 0 Å². The highest BCUT2D eigenvalue weighted by Crippen LogP contribution is 2.19. The molecule has 0 aromatic heterocycles. The Hall–Kier alpha value is -1.35. The zero-order valence-corrected chi connectivity index (χ0v) is 11.2. The molecule has 0 unspecified atom stereocenters. The highest BCUT2D eigenvalue weighted by Gasteiger charge is 2.29. The van der Waals surface area contributed by atoms with Gasteiger partial charge in [-0.15, -0.1) is 0 Å². The van der Waals surface area contributed by atoms with Gasteiger partial charge in [0.25, 0.3) is 0 Å². The number of amides is 1. The summed E-state index contributed by atoms with van der Waals surface area (Å²) < 4.78 is 0. The van der Waals surface area contributed by atoms with E-state index in [-0.39, 0.29) is 11.8 Å². The molecule has 2 rings (SSSR count). The average Bonchev–Trinajstić information content (AvgIpc) is 2.78. The fourth-order valence-electron chi connectivity index (χ4n) is 2.44. The molecule has 2 N–H and O–H groups in total. The first kappa shape index (κ1) is 13.1. The third-order valence-corrected chi connectivity index (χ3v) is 3.61. The Kier molecular flexibility index (Phi) is 4.37. The quantitative estimate of drug-likeness (QED) is 0.856. The van der Waals surface area contributed by atoms with Crippen molar-refractivity contribution in [2.45, 2.75) is 26.7 Å². The Morgan fingerprint density at radius 1 is 1.33 bits per heavy atom. The predicted molar refractivity (Wildman–Crippen MR) is 74.6 cm³/mol. The monoisotopic (exact) mass is 246 g/mol. The van der Waals surface area contributed by atoms with Crippen molar-refractivity contribution in [1.29, 1.82) is 0 Å². The highest BCUT2D eigenvalue weighted by molar-refractivity contribution is 5.93. The second-order valence-electron chi connectivity index (χ2n) is 5.18. The average molecular weight is 246 g/mol. The molecule has 3 nitrogen and oxygen atoms in total. The third kappa shape index (κ3) is 3.10. The van der Waals surface area contributed by atoms with Crippen LogP contribution in [0.25, 0.3) is 0 Å². The second kappa shape index (κ2) is 6.01. The molecule has 0 bridgehead atoms. The van der Waals surface area contributed by atoms with E-state index in [1.807, 2.05) is 12.1 Å². The summed E-state index contributed by atoms with van der Waals surface area (Å²) in [6.07, 6.45) is 2.24. The smallest absolute Gasteiger partial charge is 0.229 e. The van der Waals surface area contributed by atoms with E-state index in [0.717, 1.165) is 31.6 Å². The molecule has 3 heteroatoms. The van der Waals surface area contributed by atoms with Crippen molar-refractivity contribution in [2.24, 2.45) is 11.8 Å². The van der Waals surface area contributed by atoms with Gasteiger partial charge in [-0.25, -0.2) is 0 Å². The van der Waals surface area contributed by atoms with Gasteiger partial charge in [-0.1, -0.05) is 32.4 Å². The molecule has 1 aromatic rings. The van der Waals surface area contributed by atoms with Gasteiger partial charge in [0.1, 0.15) is 0 Å². The lowest BCUT2D eigenvalue weighted by Gasteiger charge is -2.14. The minimum absolute atomic E-state index is 0.0975. The Morgan fingerprint density at radius 3 is 2.61 bits per heavy atom. The van der Waals surface area contributed by atoms with Crippen LogP contribution < -0.4 is 10.6 Å². The van der Waals surface area contributed by atoms with Crippen molar-refractivity contribution in [3.63, 3.8) is 0 Å². The van der Waals surface area contributed by atoms with Crippen molar-refractivity contribution < 1.29 is 4.79 Å². The number of rotatable bonds is 4. The van der Waals surface area contributed by atoms with Crippen LogP contribution in [-0.2, 0) is 11.2 Å². The largest absolute Gasteiger partial charge is 0.326 e. The van der Waals surface area contributed by atoms with E-state index in [9.17, 15) is 4.79 Å². The third-order valence-electron chi connectivity index (χ3n) is 3.61. The second-order valence-corrected chi connectivity index (χ2v) is 5.18. The first-order valence-corrected chi connectivity index (χ1v) is 6.81. The maximum atomic E-state index is 12.1. The zero-order valence-electron chi connectivity index (χ0n) is 11.2. The number of carbonyl (C=O) groups excluding carboxylic acids is 1. The van der Waals surface area contributed by atoms with Crippen molar-refractivity contribution >= 4 is 11.6 Å². The van der Waals surface area contributed by atoms with Crippen LogP contribution in [0.3, 0.4) is 0 Å². The summed E-state index contributed by atoms with van der Waals surface area (Å²) in [5.41, 5.74) is 2.23. The Bertz CT molecular complexity index is 399. The summed E-state index contributed by atoms with van der Waals surface area (Å²) in [7, 11) is 0. The number of nitrogens with one attached hydrogen (secondary N) is 2. The fraction of sp³-hybridized carbons (Fsp3) is 0.533. The number of benzene rings is 1. The molecule has 0 radical (unpaired) electrons. The van der Waals surface area contributed by atoms with Crippen LogP contribution >= 0.6 is 0 Å². The van der Waals surface area contributed by atoms with Gasteiger partial charge in [0.2, 0.25) is 5.91 Å². The molecule has 0 spiro atoms. The lowest BCUT2D eigenvalue weighted by Crippen LogP contribution is -2.27. The van der Waals surface area contributed by atoms with Gasteiger partial charge in [0.05, 0.1) is 5.92 Å². The van der Waals surface area contributed by atoms with E-state index >= 15 is 0 Å². The molecule has 1 aromatic carbocycles. The highest BCUT2D eigenvalue weighted by atomic mass is 16.1. The van der Waals surface area contributed by atoms with Gasteiger partial charge < -0.3 is 10.6 Å². The van der Waals surface area contributed by atoms with Crippen LogP contribution in [0.1, 0.15) is 25.8 Å². The van der Waals surface area contributed by atoms with Crippen molar-refractivity contribution in [3.05, 3.63) is 29.8 Å². The number of anilines is 1. The van der Waals surface area contributed by atoms with E-state index < -0.39 is 0 Å². The van der Waals surface area contributed by atoms with Crippen LogP contribution in [0, 0.1) is 11.8 Å². The molecule has 1 fully saturated rings. The van der Waals surface area contributed by atoms with Crippen LogP contribution in [0.5, 0.6) is 0 Å². The van der Waals surface area contributed by atoms with E-state index in [1.54, 1.807) is 0 Å². The maximum Gasteiger partial charge on any atom is 0.229 e. The van der Waals surface area contributed by atoms with Crippen molar-refractivity contribution in [2.75, 3.05) is 18.4 Å². The lowest BCUT2D eigenvalue weighted by molar-refractivity contribution is -0.120. The Morgan fingerprint density at radius 2 is 2.06 bits per heavy atom. The lowest BCUT2D eigenvalue weighted by atomic mass is 9.97. The summed E-state index contributed by atoms with van der Waals surface area (Å²) in [5.74, 6) is 0.653. The van der Waals surface area contributed by atoms with Crippen LogP contribution in [-0.4, -0.2) is 19.0 Å². The zero-order chi connectivity index (χ0) is 13.0. The SMILES string of the molecule is CCCc1ccc(NC(=O)[C@@H]2CNC[C@H]2C)cc1. The molecular formula is C15H22N2O. The fourth-order valence-corrected chi connectivity index (χ4v) is 2.44. The summed E-state index contributed by atoms with van der Waals surface area (Å²) in [6, 6.07) is 8.18. The van der Waals surface area contributed by atoms with Crippen LogP contribution in [0.2, 0.25) is 0 Å². The normalized spacial score (nSPS) is 23.0. The molecule has 18 heavy (non-hydrogen) atoms. The number of hydrogen-bond acceptors (Lipinski definition) is 2. The summed E-state index contributed by atoms with van der Waals surface area (Å²) in [5, 5.41) is 6.26. The number of aryl methyl sites for hydroxylation is 1. The topological polar surface area (TPSA) is 41.1 Å². The van der Waals surface area contributed by atoms with Gasteiger partial charge in [0, 0.05) is 12.2 Å². The van der Waals surface area contributed by atoms with Gasteiger partial charge in [0.15, 0.2) is 0 Å². The Labute approximate surface area is 109 Å². The number of carbonyl (C=O) groups is 1. The summed E-state index contributed by atoms with van der Waals surface area (Å²) in [6.45, 7) is 6.02. The molecule has 1 saturated heterocycles. The van der Waals surface area contributed by atoms with E-state index in [1.165, 1.54) is 5.56 Å². The maximum absolute atomic E-state index is 12.1. The van der Waals surface area contributed by atoms with E-state index in [4.69, 9.17) is 0 Å². The molecule has 1 aliphatic heterocycles. The van der Waals surface area contributed by atoms with Crippen LogP contribution in [0.4, 0.5) is 5.69 Å². The minimum Gasteiger partial charge on any atom is -0.326 e. The molecule has 1 aliphatic rings. The van der Waals surface area contributed by atoms with Crippen molar-refractivity contribution in [1.82, 2.24) is 5.32 Å². The number of hydrogen-bond donors (Lipinski definition) is 2. The first-order valence-electron chi connectivity index (χ1n) is 6.81.